The van der Waals surface area contributed by atoms with E-state index in [2.05, 4.69) is 0 Å². The summed E-state index contributed by atoms with van der Waals surface area (Å²) in [4.78, 5) is 14.2. The average Bonchev–Trinajstić information content (AvgIpc) is 2.53. The molecule has 0 aliphatic heterocycles. The Morgan fingerprint density at radius 1 is 1.22 bits per heavy atom. The van der Waals surface area contributed by atoms with Crippen LogP contribution in [0.25, 0.3) is 0 Å². The van der Waals surface area contributed by atoms with E-state index in [-0.39, 0.29) is 23.3 Å². The molecule has 23 heavy (non-hydrogen) atoms. The minimum absolute atomic E-state index is 0.1000. The summed E-state index contributed by atoms with van der Waals surface area (Å²) in [6, 6.07) is 9.37. The molecule has 4 nitrogen and oxygen atoms in total. The Morgan fingerprint density at radius 2 is 1.91 bits per heavy atom. The van der Waals surface area contributed by atoms with Gasteiger partial charge in [0.1, 0.15) is 11.5 Å². The van der Waals surface area contributed by atoms with Crippen molar-refractivity contribution in [1.29, 1.82) is 0 Å². The van der Waals surface area contributed by atoms with Gasteiger partial charge in [-0.3, -0.25) is 4.79 Å². The predicted molar refractivity (Wildman–Crippen MR) is 91.6 cm³/mol. The Balaban J connectivity index is 2.32. The lowest BCUT2D eigenvalue weighted by molar-refractivity contribution is 0.0739. The number of hydrogen-bond acceptors (Lipinski definition) is 3. The van der Waals surface area contributed by atoms with Crippen molar-refractivity contribution in [1.82, 2.24) is 4.90 Å². The number of benzene rings is 2. The fraction of sp³-hybridized carbons (Fsp3) is 0.235. The number of methoxy groups -OCH3 is 1. The highest BCUT2D eigenvalue weighted by molar-refractivity contribution is 6.35. The number of nitrogens with zero attached hydrogens (tertiary/aromatic N) is 1. The minimum atomic E-state index is -0.333. The number of halogens is 2. The number of aromatic hydroxyl groups is 1. The van der Waals surface area contributed by atoms with Gasteiger partial charge in [-0.05, 0) is 42.8 Å². The topological polar surface area (TPSA) is 49.8 Å². The Hall–Kier alpha value is -1.91. The van der Waals surface area contributed by atoms with Crippen LogP contribution in [0, 0.1) is 0 Å². The number of ether oxygens (including phenoxy) is 1. The zero-order valence-electron chi connectivity index (χ0n) is 13.0. The highest BCUT2D eigenvalue weighted by atomic mass is 35.5. The molecule has 2 aromatic carbocycles. The van der Waals surface area contributed by atoms with E-state index in [1.807, 2.05) is 6.92 Å². The lowest BCUT2D eigenvalue weighted by atomic mass is 10.1. The van der Waals surface area contributed by atoms with Gasteiger partial charge in [0.05, 0.1) is 18.7 Å². The normalized spacial score (nSPS) is 11.9. The van der Waals surface area contributed by atoms with Gasteiger partial charge in [0.25, 0.3) is 5.91 Å². The fourth-order valence-electron chi connectivity index (χ4n) is 2.23. The van der Waals surface area contributed by atoms with Crippen molar-refractivity contribution in [3.8, 4) is 11.5 Å². The van der Waals surface area contributed by atoms with Crippen LogP contribution in [-0.4, -0.2) is 30.1 Å². The van der Waals surface area contributed by atoms with Crippen molar-refractivity contribution >= 4 is 29.1 Å². The predicted octanol–water partition coefficient (Wildman–Crippen LogP) is 4.54. The summed E-state index contributed by atoms with van der Waals surface area (Å²) in [6.45, 7) is 1.85. The summed E-state index contributed by atoms with van der Waals surface area (Å²) in [7, 11) is 3.15. The van der Waals surface area contributed by atoms with Gasteiger partial charge in [-0.2, -0.15) is 0 Å². The molecule has 0 saturated heterocycles. The molecule has 2 aromatic rings. The van der Waals surface area contributed by atoms with Gasteiger partial charge in [-0.1, -0.05) is 29.3 Å². The first-order valence-electron chi connectivity index (χ1n) is 6.94. The van der Waals surface area contributed by atoms with Gasteiger partial charge in [0, 0.05) is 17.1 Å². The molecule has 6 heteroatoms. The maximum Gasteiger partial charge on any atom is 0.257 e. The molecule has 1 N–H and O–H groups in total. The molecule has 0 aromatic heterocycles. The quantitative estimate of drug-likeness (QED) is 0.877. The summed E-state index contributed by atoms with van der Waals surface area (Å²) in [5, 5.41) is 11.0. The van der Waals surface area contributed by atoms with Gasteiger partial charge in [0.2, 0.25) is 0 Å². The molecule has 0 heterocycles. The number of rotatable bonds is 4. The number of phenols is 1. The Bertz CT molecular complexity index is 734. The van der Waals surface area contributed by atoms with Crippen LogP contribution in [0.4, 0.5) is 0 Å². The van der Waals surface area contributed by atoms with Crippen LogP contribution in [0.3, 0.4) is 0 Å². The Morgan fingerprint density at radius 3 is 2.52 bits per heavy atom. The third kappa shape index (κ3) is 3.71. The maximum absolute atomic E-state index is 12.7. The first-order chi connectivity index (χ1) is 10.8. The van der Waals surface area contributed by atoms with Crippen molar-refractivity contribution < 1.29 is 14.6 Å². The van der Waals surface area contributed by atoms with Gasteiger partial charge in [0.15, 0.2) is 0 Å². The maximum atomic E-state index is 12.7. The van der Waals surface area contributed by atoms with E-state index in [4.69, 9.17) is 27.9 Å². The molecule has 1 atom stereocenters. The van der Waals surface area contributed by atoms with Crippen LogP contribution in [-0.2, 0) is 0 Å². The molecule has 0 bridgehead atoms. The number of carbonyl (C=O) groups excluding carboxylic acids is 1. The van der Waals surface area contributed by atoms with Gasteiger partial charge in [-0.15, -0.1) is 0 Å². The lowest BCUT2D eigenvalue weighted by Gasteiger charge is -2.26. The van der Waals surface area contributed by atoms with E-state index < -0.39 is 0 Å². The summed E-state index contributed by atoms with van der Waals surface area (Å²) < 4.78 is 5.10. The highest BCUT2D eigenvalue weighted by Gasteiger charge is 2.23. The molecule has 1 unspecified atom stereocenters. The molecule has 0 fully saturated rings. The van der Waals surface area contributed by atoms with Crippen molar-refractivity contribution in [3.63, 3.8) is 0 Å². The number of hydrogen-bond donors (Lipinski definition) is 1. The van der Waals surface area contributed by atoms with E-state index in [1.54, 1.807) is 31.3 Å². The van der Waals surface area contributed by atoms with Crippen molar-refractivity contribution in [2.75, 3.05) is 14.2 Å². The average molecular weight is 354 g/mol. The van der Waals surface area contributed by atoms with Gasteiger partial charge < -0.3 is 14.7 Å². The zero-order chi connectivity index (χ0) is 17.1. The second-order valence-electron chi connectivity index (χ2n) is 5.14. The molecule has 0 radical (unpaired) electrons. The summed E-state index contributed by atoms with van der Waals surface area (Å²) >= 11 is 12.1. The first-order valence-corrected chi connectivity index (χ1v) is 7.70. The zero-order valence-corrected chi connectivity index (χ0v) is 14.5. The van der Waals surface area contributed by atoms with Crippen LogP contribution in [0.1, 0.15) is 28.9 Å². The van der Waals surface area contributed by atoms with Crippen LogP contribution in [0.2, 0.25) is 10.0 Å². The number of phenolic OH excluding ortho intramolecular Hbond substituents is 1. The van der Waals surface area contributed by atoms with E-state index in [0.717, 1.165) is 5.56 Å². The number of amides is 1. The van der Waals surface area contributed by atoms with Crippen molar-refractivity contribution in [2.45, 2.75) is 13.0 Å². The Labute approximate surface area is 145 Å². The molecule has 0 aliphatic carbocycles. The second-order valence-corrected chi connectivity index (χ2v) is 5.98. The van der Waals surface area contributed by atoms with Crippen LogP contribution in [0.5, 0.6) is 11.5 Å². The second kappa shape index (κ2) is 7.11. The molecule has 1 amide bonds. The summed E-state index contributed by atoms with van der Waals surface area (Å²) in [6.07, 6.45) is 0. The van der Waals surface area contributed by atoms with E-state index in [1.165, 1.54) is 24.1 Å². The molecule has 0 spiro atoms. The molecule has 0 saturated carbocycles. The third-order valence-corrected chi connectivity index (χ3v) is 4.31. The first kappa shape index (κ1) is 17.4. The Kier molecular flexibility index (Phi) is 5.39. The van der Waals surface area contributed by atoms with Crippen LogP contribution >= 0.6 is 23.2 Å². The molecule has 0 aliphatic rings. The fourth-order valence-corrected chi connectivity index (χ4v) is 2.79. The van der Waals surface area contributed by atoms with Crippen LogP contribution < -0.4 is 4.74 Å². The number of carbonyl (C=O) groups is 1. The van der Waals surface area contributed by atoms with Gasteiger partial charge >= 0.3 is 0 Å². The highest BCUT2D eigenvalue weighted by Crippen LogP contribution is 2.31. The molecule has 2 rings (SSSR count). The van der Waals surface area contributed by atoms with E-state index in [9.17, 15) is 9.90 Å². The van der Waals surface area contributed by atoms with E-state index in [0.29, 0.717) is 15.8 Å². The van der Waals surface area contributed by atoms with E-state index >= 15 is 0 Å². The molecular formula is C17H17Cl2NO3. The molecular weight excluding hydrogens is 337 g/mol. The third-order valence-electron chi connectivity index (χ3n) is 3.75. The molecule has 122 valence electrons. The largest absolute Gasteiger partial charge is 0.507 e. The standard InChI is InChI=1S/C17H17Cl2NO3/c1-10(13-6-4-11(18)8-15(13)19)20(2)17(22)14-9-12(23-3)5-7-16(14)21/h4-10,21H,1-3H3. The van der Waals surface area contributed by atoms with Crippen LogP contribution in [0.15, 0.2) is 36.4 Å². The van der Waals surface area contributed by atoms with Gasteiger partial charge in [-0.25, -0.2) is 0 Å². The summed E-state index contributed by atoms with van der Waals surface area (Å²) in [5.74, 6) is 0.0636. The lowest BCUT2D eigenvalue weighted by Crippen LogP contribution is -2.29. The van der Waals surface area contributed by atoms with Crippen molar-refractivity contribution in [2.24, 2.45) is 0 Å². The van der Waals surface area contributed by atoms with Crippen molar-refractivity contribution in [3.05, 3.63) is 57.6 Å². The smallest absolute Gasteiger partial charge is 0.257 e. The summed E-state index contributed by atoms with van der Waals surface area (Å²) in [5.41, 5.74) is 0.943. The minimum Gasteiger partial charge on any atom is -0.507 e. The SMILES string of the molecule is COc1ccc(O)c(C(=O)N(C)C(C)c2ccc(Cl)cc2Cl)c1. The monoisotopic (exact) mass is 353 g/mol.